The number of benzene rings is 1. The lowest BCUT2D eigenvalue weighted by molar-refractivity contribution is 0.0142. The number of hydrogen-bond acceptors (Lipinski definition) is 4. The zero-order valence-corrected chi connectivity index (χ0v) is 21.5. The summed E-state index contributed by atoms with van der Waals surface area (Å²) in [7, 11) is -6.04. The molecule has 0 amide bonds. The fraction of sp³-hybridized carbons (Fsp3) is 0.652. The summed E-state index contributed by atoms with van der Waals surface area (Å²) in [5, 5.41) is -0.0884. The van der Waals surface area contributed by atoms with Crippen LogP contribution < -0.4 is 0 Å². The van der Waals surface area contributed by atoms with Crippen LogP contribution >= 0.6 is 0 Å². The van der Waals surface area contributed by atoms with Gasteiger partial charge in [-0.25, -0.2) is 8.42 Å². The molecule has 0 saturated carbocycles. The highest BCUT2D eigenvalue weighted by atomic mass is 32.2. The normalized spacial score (nSPS) is 19.2. The largest absolute Gasteiger partial charge is 0.329 e. The molecule has 1 atom stereocenters. The molecular weight excluding hydrogens is 412 g/mol. The summed E-state index contributed by atoms with van der Waals surface area (Å²) >= 11 is 0. The number of piperidine rings is 1. The Morgan fingerprint density at radius 2 is 1.87 bits per heavy atom. The Balaban J connectivity index is 2.20. The summed E-state index contributed by atoms with van der Waals surface area (Å²) in [4.78, 5) is 2.70. The second-order valence-corrected chi connectivity index (χ2v) is 16.4. The van der Waals surface area contributed by atoms with E-state index < -0.39 is 18.3 Å². The lowest BCUT2D eigenvalue weighted by Gasteiger charge is -2.39. The van der Waals surface area contributed by atoms with Gasteiger partial charge < -0.3 is 4.53 Å². The Kier molecular flexibility index (Phi) is 8.49. The molecule has 1 aromatic carbocycles. The summed E-state index contributed by atoms with van der Waals surface area (Å²) in [6, 6.07) is 7.40. The van der Waals surface area contributed by atoms with Crippen molar-refractivity contribution in [1.82, 2.24) is 9.37 Å². The molecule has 7 heteroatoms. The maximum absolute atomic E-state index is 13.4. The van der Waals surface area contributed by atoms with Crippen molar-refractivity contribution in [3.05, 3.63) is 42.5 Å². The highest BCUT2D eigenvalue weighted by molar-refractivity contribution is 7.89. The van der Waals surface area contributed by atoms with E-state index in [9.17, 15) is 8.42 Å². The van der Waals surface area contributed by atoms with Gasteiger partial charge in [0.15, 0.2) is 0 Å². The fourth-order valence-electron chi connectivity index (χ4n) is 3.40. The second-order valence-electron chi connectivity index (χ2n) is 9.88. The van der Waals surface area contributed by atoms with Crippen LogP contribution in [0.4, 0.5) is 0 Å². The lowest BCUT2D eigenvalue weighted by atomic mass is 10.0. The topological polar surface area (TPSA) is 49.9 Å². The Morgan fingerprint density at radius 1 is 1.23 bits per heavy atom. The quantitative estimate of drug-likeness (QED) is 0.288. The minimum Gasteiger partial charge on any atom is -0.329 e. The van der Waals surface area contributed by atoms with Crippen LogP contribution in [-0.2, 0) is 14.6 Å². The van der Waals surface area contributed by atoms with E-state index in [1.165, 1.54) is 17.3 Å². The average molecular weight is 453 g/mol. The third kappa shape index (κ3) is 6.26. The van der Waals surface area contributed by atoms with Gasteiger partial charge in [-0.15, -0.1) is 6.58 Å². The average Bonchev–Trinajstić information content (AvgIpc) is 2.67. The van der Waals surface area contributed by atoms with Crippen LogP contribution in [0.3, 0.4) is 0 Å². The van der Waals surface area contributed by atoms with Crippen LogP contribution in [-0.4, -0.2) is 51.8 Å². The van der Waals surface area contributed by atoms with E-state index in [4.69, 9.17) is 4.53 Å². The Bertz CT molecular complexity index is 801. The van der Waals surface area contributed by atoms with Crippen molar-refractivity contribution < 1.29 is 12.9 Å². The molecule has 0 bridgehead atoms. The first kappa shape index (κ1) is 25.3. The summed E-state index contributed by atoms with van der Waals surface area (Å²) in [6.07, 6.45) is 6.30. The molecule has 5 nitrogen and oxygen atoms in total. The molecule has 0 aliphatic carbocycles. The zero-order chi connectivity index (χ0) is 22.6. The molecule has 1 saturated heterocycles. The van der Waals surface area contributed by atoms with Crippen LogP contribution in [0.5, 0.6) is 0 Å². The van der Waals surface area contributed by atoms with Crippen LogP contribution in [0.2, 0.25) is 18.1 Å². The monoisotopic (exact) mass is 452 g/mol. The molecule has 1 aliphatic heterocycles. The van der Waals surface area contributed by atoms with E-state index >= 15 is 0 Å². The van der Waals surface area contributed by atoms with Gasteiger partial charge in [0.25, 0.3) is 10.0 Å². The molecule has 0 spiro atoms. The van der Waals surface area contributed by atoms with Gasteiger partial charge >= 0.3 is 0 Å². The molecule has 0 aromatic heterocycles. The van der Waals surface area contributed by atoms with Gasteiger partial charge in [-0.2, -0.15) is 0 Å². The number of nitrogens with zero attached hydrogens (tertiary/aromatic N) is 2. The molecule has 1 aromatic rings. The van der Waals surface area contributed by atoms with Crippen LogP contribution in [0.25, 0.3) is 0 Å². The van der Waals surface area contributed by atoms with Crippen LogP contribution in [0.15, 0.2) is 41.8 Å². The van der Waals surface area contributed by atoms with Gasteiger partial charge in [-0.1, -0.05) is 55.4 Å². The van der Waals surface area contributed by atoms with E-state index in [0.717, 1.165) is 31.5 Å². The van der Waals surface area contributed by atoms with Gasteiger partial charge in [0, 0.05) is 19.1 Å². The molecule has 30 heavy (non-hydrogen) atoms. The van der Waals surface area contributed by atoms with Crippen molar-refractivity contribution >= 4 is 18.3 Å². The molecule has 1 fully saturated rings. The smallest absolute Gasteiger partial charge is 0.264 e. The standard InChI is InChI=1S/C23H40N2O3SSi/c1-8-21-12-9-10-17-24(21)18-11-19-25(28-30(6,7)23(3,4)5)29(26,27)22-15-13-20(2)14-16-22/h8,13-16,21H,1,9-12,17-19H2,2-7H3/t21-/m0/s1. The van der Waals surface area contributed by atoms with Crippen molar-refractivity contribution in [3.8, 4) is 0 Å². The maximum Gasteiger partial charge on any atom is 0.264 e. The Labute approximate surface area is 185 Å². The van der Waals surface area contributed by atoms with Gasteiger partial charge in [0.05, 0.1) is 4.90 Å². The molecular formula is C23H40N2O3SSi. The molecule has 0 unspecified atom stereocenters. The Morgan fingerprint density at radius 3 is 2.43 bits per heavy atom. The summed E-state index contributed by atoms with van der Waals surface area (Å²) in [6.45, 7) is 18.7. The molecule has 0 N–H and O–H groups in total. The fourth-order valence-corrected chi connectivity index (χ4v) is 6.31. The first-order valence-electron chi connectivity index (χ1n) is 11.0. The van der Waals surface area contributed by atoms with E-state index in [1.807, 2.05) is 25.1 Å². The summed E-state index contributed by atoms with van der Waals surface area (Å²) in [5.41, 5.74) is 1.03. The third-order valence-electron chi connectivity index (χ3n) is 6.45. The number of likely N-dealkylation sites (tertiary alicyclic amines) is 1. The summed E-state index contributed by atoms with van der Waals surface area (Å²) in [5.74, 6) is 0. The first-order chi connectivity index (χ1) is 13.9. The summed E-state index contributed by atoms with van der Waals surface area (Å²) < 4.78 is 34.5. The highest BCUT2D eigenvalue weighted by Crippen LogP contribution is 2.38. The molecule has 1 heterocycles. The number of rotatable bonds is 9. The van der Waals surface area contributed by atoms with Gasteiger partial charge in [0.1, 0.15) is 0 Å². The molecule has 1 aliphatic rings. The highest BCUT2D eigenvalue weighted by Gasteiger charge is 2.42. The first-order valence-corrected chi connectivity index (χ1v) is 15.4. The van der Waals surface area contributed by atoms with Crippen molar-refractivity contribution in [2.24, 2.45) is 0 Å². The number of aryl methyl sites for hydroxylation is 1. The van der Waals surface area contributed by atoms with Crippen LogP contribution in [0, 0.1) is 6.92 Å². The van der Waals surface area contributed by atoms with Crippen molar-refractivity contribution in [1.29, 1.82) is 0 Å². The Hall–Kier alpha value is -0.993. The van der Waals surface area contributed by atoms with E-state index in [1.54, 1.807) is 12.1 Å². The molecule has 0 radical (unpaired) electrons. The predicted octanol–water partition coefficient (Wildman–Crippen LogP) is 5.35. The van der Waals surface area contributed by atoms with E-state index in [0.29, 0.717) is 12.6 Å². The molecule has 170 valence electrons. The number of hydrogen-bond donors (Lipinski definition) is 0. The van der Waals surface area contributed by atoms with Gasteiger partial charge in [-0.3, -0.25) is 4.90 Å². The minimum absolute atomic E-state index is 0.0884. The zero-order valence-electron chi connectivity index (χ0n) is 19.6. The third-order valence-corrected chi connectivity index (χ3v) is 12.5. The van der Waals surface area contributed by atoms with Crippen molar-refractivity contribution in [2.45, 2.75) is 82.4 Å². The van der Waals surface area contributed by atoms with Crippen molar-refractivity contribution in [2.75, 3.05) is 19.6 Å². The molecule has 2 rings (SSSR count). The van der Waals surface area contributed by atoms with Crippen LogP contribution in [0.1, 0.15) is 52.0 Å². The number of hydroxylamine groups is 1. The minimum atomic E-state index is -3.73. The van der Waals surface area contributed by atoms with E-state index in [-0.39, 0.29) is 9.93 Å². The van der Waals surface area contributed by atoms with Crippen molar-refractivity contribution in [3.63, 3.8) is 0 Å². The number of sulfonamides is 1. The van der Waals surface area contributed by atoms with Gasteiger partial charge in [-0.05, 0) is 63.0 Å². The lowest BCUT2D eigenvalue weighted by Crippen LogP contribution is -2.49. The maximum atomic E-state index is 13.4. The van der Waals surface area contributed by atoms with Gasteiger partial charge in [0.2, 0.25) is 8.32 Å². The SMILES string of the molecule is C=C[C@H]1CCCCN1CCCN(O[Si](C)(C)C(C)(C)C)S(=O)(=O)c1ccc(C)cc1. The van der Waals surface area contributed by atoms with E-state index in [2.05, 4.69) is 45.3 Å². The predicted molar refractivity (Wildman–Crippen MR) is 127 cm³/mol. The second kappa shape index (κ2) is 10.1.